The van der Waals surface area contributed by atoms with E-state index in [1.54, 1.807) is 0 Å². The van der Waals surface area contributed by atoms with Crippen LogP contribution in [0.15, 0.2) is 49.1 Å². The lowest BCUT2D eigenvalue weighted by molar-refractivity contribution is -0.873. The largest absolute Gasteiger partial charge is 1.00 e. The lowest BCUT2D eigenvalue weighted by atomic mass is 10.1. The molecule has 0 saturated carbocycles. The highest BCUT2D eigenvalue weighted by molar-refractivity contribution is 5.60. The Morgan fingerprint density at radius 1 is 0.593 bits per heavy atom. The average molecular weight is 394 g/mol. The molecular formula is C22H38ClN4+3. The second-order valence-corrected chi connectivity index (χ2v) is 9.38. The Kier molecular flexibility index (Phi) is 8.86. The van der Waals surface area contributed by atoms with Gasteiger partial charge in [-0.3, -0.25) is 0 Å². The molecule has 27 heavy (non-hydrogen) atoms. The van der Waals surface area contributed by atoms with Crippen LogP contribution in [0.2, 0.25) is 0 Å². The number of nitrogens with zero attached hydrogens (tertiary/aromatic N) is 4. The van der Waals surface area contributed by atoms with Gasteiger partial charge in [0.05, 0.1) is 68.2 Å². The minimum Gasteiger partial charge on any atom is -1.00 e. The highest BCUT2D eigenvalue weighted by Crippen LogP contribution is 2.15. The van der Waals surface area contributed by atoms with Crippen molar-refractivity contribution in [1.29, 1.82) is 0 Å². The second-order valence-electron chi connectivity index (χ2n) is 9.38. The van der Waals surface area contributed by atoms with Crippen LogP contribution in [-0.4, -0.2) is 64.3 Å². The van der Waals surface area contributed by atoms with Crippen molar-refractivity contribution in [1.82, 2.24) is 0 Å². The molecule has 0 amide bonds. The second kappa shape index (κ2) is 10.2. The molecule has 0 N–H and O–H groups in total. The lowest BCUT2D eigenvalue weighted by Crippen LogP contribution is -3.00. The van der Waals surface area contributed by atoms with E-state index in [1.807, 2.05) is 0 Å². The predicted octanol–water partition coefficient (Wildman–Crippen LogP) is -0.875. The van der Waals surface area contributed by atoms with Crippen LogP contribution in [0.4, 0.5) is 0 Å². The van der Waals surface area contributed by atoms with Gasteiger partial charge in [0.25, 0.3) is 0 Å². The maximum absolute atomic E-state index is 2.28. The molecule has 0 aliphatic carbocycles. The zero-order chi connectivity index (χ0) is 19.2. The van der Waals surface area contributed by atoms with Crippen LogP contribution >= 0.6 is 0 Å². The molecule has 0 atom stereocenters. The van der Waals surface area contributed by atoms with Crippen LogP contribution in [0.5, 0.6) is 0 Å². The molecule has 0 aliphatic rings. The fourth-order valence-electron chi connectivity index (χ4n) is 3.05. The Morgan fingerprint density at radius 2 is 0.889 bits per heavy atom. The Labute approximate surface area is 172 Å². The molecule has 2 heterocycles. The molecule has 4 nitrogen and oxygen atoms in total. The van der Waals surface area contributed by atoms with Gasteiger partial charge in [-0.15, -0.1) is 0 Å². The summed E-state index contributed by atoms with van der Waals surface area (Å²) in [5.74, 6) is 0. The number of aromatic nitrogens is 2. The summed E-state index contributed by atoms with van der Waals surface area (Å²) in [5.41, 5.74) is 2.57. The van der Waals surface area contributed by atoms with E-state index in [4.69, 9.17) is 0 Å². The van der Waals surface area contributed by atoms with Crippen molar-refractivity contribution in [3.63, 3.8) is 0 Å². The van der Waals surface area contributed by atoms with Gasteiger partial charge in [0, 0.05) is 24.3 Å². The van der Waals surface area contributed by atoms with E-state index < -0.39 is 0 Å². The number of hydrogen-bond acceptors (Lipinski definition) is 0. The SMILES string of the molecule is C[N+](C)(C)CCC[n+]1ccc(-c2cc[n+](CCC[N+](C)(C)C)cc2)cc1.[Cl-]. The van der Waals surface area contributed by atoms with Gasteiger partial charge in [-0.2, -0.15) is 0 Å². The first kappa shape index (κ1) is 23.5. The van der Waals surface area contributed by atoms with Crippen LogP contribution < -0.4 is 21.5 Å². The van der Waals surface area contributed by atoms with Crippen molar-refractivity contribution >= 4 is 0 Å². The predicted molar refractivity (Wildman–Crippen MR) is 107 cm³/mol. The molecule has 5 heteroatoms. The van der Waals surface area contributed by atoms with Crippen molar-refractivity contribution in [2.75, 3.05) is 55.4 Å². The van der Waals surface area contributed by atoms with E-state index in [9.17, 15) is 0 Å². The molecule has 150 valence electrons. The van der Waals surface area contributed by atoms with Gasteiger partial charge >= 0.3 is 0 Å². The summed E-state index contributed by atoms with van der Waals surface area (Å²) in [5, 5.41) is 0. The third-order valence-corrected chi connectivity index (χ3v) is 4.61. The van der Waals surface area contributed by atoms with Crippen LogP contribution in [0.1, 0.15) is 12.8 Å². The van der Waals surface area contributed by atoms with Crippen molar-refractivity contribution in [2.45, 2.75) is 25.9 Å². The first-order valence-corrected chi connectivity index (χ1v) is 9.72. The van der Waals surface area contributed by atoms with E-state index >= 15 is 0 Å². The molecule has 0 saturated heterocycles. The fraction of sp³-hybridized carbons (Fsp3) is 0.545. The maximum Gasteiger partial charge on any atom is 0.169 e. The number of rotatable bonds is 9. The molecular weight excluding hydrogens is 356 g/mol. The molecule has 0 aromatic carbocycles. The monoisotopic (exact) mass is 393 g/mol. The standard InChI is InChI=1S/C22H38N4.ClH/c1-25(2,3)19-7-13-23-15-9-21(10-16-23)22-11-17-24(18-12-22)14-8-20-26(4,5)6;/h9-12,15-18H,7-8,13-14,19-20H2,1-6H3;1H/q+4;/p-1. The molecule has 0 fully saturated rings. The van der Waals surface area contributed by atoms with Crippen LogP contribution in [0.3, 0.4) is 0 Å². The molecule has 0 spiro atoms. The summed E-state index contributed by atoms with van der Waals surface area (Å²) in [6.45, 7) is 4.55. The number of hydrogen-bond donors (Lipinski definition) is 0. The van der Waals surface area contributed by atoms with Gasteiger partial charge in [-0.05, 0) is 11.1 Å². The summed E-state index contributed by atoms with van der Waals surface area (Å²) in [6.07, 6.45) is 11.2. The van der Waals surface area contributed by atoms with Crippen LogP contribution in [0, 0.1) is 0 Å². The topological polar surface area (TPSA) is 7.76 Å². The molecule has 0 bridgehead atoms. The molecule has 0 radical (unpaired) electrons. The zero-order valence-electron chi connectivity index (χ0n) is 18.0. The van der Waals surface area contributed by atoms with E-state index in [0.717, 1.165) is 22.1 Å². The third-order valence-electron chi connectivity index (χ3n) is 4.61. The van der Waals surface area contributed by atoms with Gasteiger partial charge in [0.15, 0.2) is 37.9 Å². The quantitative estimate of drug-likeness (QED) is 0.386. The van der Waals surface area contributed by atoms with E-state index in [1.165, 1.54) is 37.1 Å². The summed E-state index contributed by atoms with van der Waals surface area (Å²) >= 11 is 0. The smallest absolute Gasteiger partial charge is 0.169 e. The first-order chi connectivity index (χ1) is 12.1. The van der Waals surface area contributed by atoms with Gasteiger partial charge in [0.2, 0.25) is 0 Å². The van der Waals surface area contributed by atoms with Crippen molar-refractivity contribution in [3.05, 3.63) is 49.1 Å². The van der Waals surface area contributed by atoms with Gasteiger partial charge in [-0.1, -0.05) is 0 Å². The summed E-state index contributed by atoms with van der Waals surface area (Å²) < 4.78 is 6.62. The minimum absolute atomic E-state index is 0. The van der Waals surface area contributed by atoms with Gasteiger partial charge in [-0.25, -0.2) is 9.13 Å². The fourth-order valence-corrected chi connectivity index (χ4v) is 3.05. The van der Waals surface area contributed by atoms with Crippen LogP contribution in [0.25, 0.3) is 11.1 Å². The summed E-state index contributed by atoms with van der Waals surface area (Å²) in [4.78, 5) is 0. The number of aryl methyl sites for hydroxylation is 2. The normalized spacial score (nSPS) is 11.9. The maximum atomic E-state index is 2.28. The number of pyridine rings is 2. The van der Waals surface area contributed by atoms with Crippen molar-refractivity contribution in [3.8, 4) is 11.1 Å². The van der Waals surface area contributed by atoms with Gasteiger partial charge in [0.1, 0.15) is 0 Å². The Morgan fingerprint density at radius 3 is 1.15 bits per heavy atom. The number of quaternary nitrogens is 2. The summed E-state index contributed by atoms with van der Waals surface area (Å²) in [6, 6.07) is 8.90. The van der Waals surface area contributed by atoms with Gasteiger partial charge < -0.3 is 21.4 Å². The van der Waals surface area contributed by atoms with E-state index in [-0.39, 0.29) is 12.4 Å². The molecule has 0 aliphatic heterocycles. The van der Waals surface area contributed by atoms with Crippen LogP contribution in [-0.2, 0) is 13.1 Å². The highest BCUT2D eigenvalue weighted by atomic mass is 35.5. The Balaban J connectivity index is 0.00000364. The van der Waals surface area contributed by atoms with E-state index in [2.05, 4.69) is 100 Å². The Hall–Kier alpha value is -1.49. The minimum atomic E-state index is 0. The molecule has 2 aromatic heterocycles. The Bertz CT molecular complexity index is 606. The molecule has 2 aromatic rings. The molecule has 0 unspecified atom stereocenters. The van der Waals surface area contributed by atoms with Crippen molar-refractivity contribution < 1.29 is 30.5 Å². The molecule has 2 rings (SSSR count). The number of halogens is 1. The first-order valence-electron chi connectivity index (χ1n) is 9.72. The third kappa shape index (κ3) is 9.32. The summed E-state index contributed by atoms with van der Waals surface area (Å²) in [7, 11) is 13.5. The van der Waals surface area contributed by atoms with Crippen molar-refractivity contribution in [2.24, 2.45) is 0 Å². The highest BCUT2D eigenvalue weighted by Gasteiger charge is 2.11. The average Bonchev–Trinajstić information content (AvgIpc) is 2.54. The zero-order valence-corrected chi connectivity index (χ0v) is 18.8. The van der Waals surface area contributed by atoms with E-state index in [0.29, 0.717) is 0 Å². The lowest BCUT2D eigenvalue weighted by Gasteiger charge is -2.22.